The van der Waals surface area contributed by atoms with Crippen LogP contribution in [0.25, 0.3) is 0 Å². The second-order valence-electron chi connectivity index (χ2n) is 3.05. The van der Waals surface area contributed by atoms with Gasteiger partial charge >= 0.3 is 5.97 Å². The maximum Gasteiger partial charge on any atom is 0.348 e. The van der Waals surface area contributed by atoms with Gasteiger partial charge in [-0.3, -0.25) is 0 Å². The SMILES string of the molecule is O=C(O)C(Cl)=CCl.OCCOCCOCCOCCO. The molecule has 7 nitrogen and oxygen atoms in total. The van der Waals surface area contributed by atoms with Crippen LogP contribution in [0, 0.1) is 0 Å². The summed E-state index contributed by atoms with van der Waals surface area (Å²) >= 11 is 9.80. The summed E-state index contributed by atoms with van der Waals surface area (Å²) in [5.41, 5.74) is 0.796. The number of carboxylic acids is 1. The second-order valence-corrected chi connectivity index (χ2v) is 3.67. The van der Waals surface area contributed by atoms with Gasteiger partial charge in [0.15, 0.2) is 0 Å². The standard InChI is InChI=1S/C8H18O5.C3H2Cl2O2/c9-1-3-11-5-7-13-8-6-12-4-2-10;4-1-2(5)3(6)7/h9-10H,1-8H2;1H,(H,6,7). The Bertz CT molecular complexity index is 239. The molecule has 0 aliphatic heterocycles. The fourth-order valence-electron chi connectivity index (χ4n) is 0.718. The maximum absolute atomic E-state index is 9.65. The summed E-state index contributed by atoms with van der Waals surface area (Å²) in [4.78, 5) is 9.65. The minimum Gasteiger partial charge on any atom is -0.477 e. The monoisotopic (exact) mass is 334 g/mol. The molecule has 0 saturated carbocycles. The minimum atomic E-state index is -1.21. The molecule has 0 aromatic carbocycles. The van der Waals surface area contributed by atoms with Gasteiger partial charge in [-0.05, 0) is 0 Å². The summed E-state index contributed by atoms with van der Waals surface area (Å²) in [6.45, 7) is 2.76. The van der Waals surface area contributed by atoms with Crippen LogP contribution in [0.1, 0.15) is 0 Å². The largest absolute Gasteiger partial charge is 0.477 e. The number of carboxylic acid groups (broad SMARTS) is 1. The van der Waals surface area contributed by atoms with Gasteiger partial charge < -0.3 is 29.5 Å². The lowest BCUT2D eigenvalue weighted by Crippen LogP contribution is -2.11. The van der Waals surface area contributed by atoms with Crippen LogP contribution in [-0.4, -0.2) is 74.1 Å². The number of rotatable bonds is 11. The molecule has 0 aromatic heterocycles. The van der Waals surface area contributed by atoms with E-state index in [-0.39, 0.29) is 18.2 Å². The Morgan fingerprint density at radius 1 is 0.900 bits per heavy atom. The van der Waals surface area contributed by atoms with Gasteiger partial charge in [0.25, 0.3) is 0 Å². The third kappa shape index (κ3) is 19.9. The fraction of sp³-hybridized carbons (Fsp3) is 0.727. The number of aliphatic hydroxyl groups is 2. The van der Waals surface area contributed by atoms with E-state index in [4.69, 9.17) is 52.7 Å². The smallest absolute Gasteiger partial charge is 0.348 e. The van der Waals surface area contributed by atoms with Crippen molar-refractivity contribution in [1.29, 1.82) is 0 Å². The van der Waals surface area contributed by atoms with Gasteiger partial charge in [0.2, 0.25) is 0 Å². The molecule has 0 unspecified atom stereocenters. The third-order valence-electron chi connectivity index (χ3n) is 1.52. The van der Waals surface area contributed by atoms with Crippen molar-refractivity contribution in [3.05, 3.63) is 10.6 Å². The molecule has 0 saturated heterocycles. The molecule has 0 spiro atoms. The fourth-order valence-corrected chi connectivity index (χ4v) is 0.811. The predicted molar refractivity (Wildman–Crippen MR) is 74.1 cm³/mol. The first kappa shape index (κ1) is 21.9. The zero-order valence-electron chi connectivity index (χ0n) is 11.0. The van der Waals surface area contributed by atoms with Crippen molar-refractivity contribution in [2.24, 2.45) is 0 Å². The highest BCUT2D eigenvalue weighted by Gasteiger charge is 1.98. The predicted octanol–water partition coefficient (Wildman–Crippen LogP) is 0.411. The molecule has 0 atom stereocenters. The average Bonchev–Trinajstić information content (AvgIpc) is 2.45. The van der Waals surface area contributed by atoms with E-state index in [9.17, 15) is 4.79 Å². The van der Waals surface area contributed by atoms with Crippen LogP contribution in [0.3, 0.4) is 0 Å². The zero-order valence-corrected chi connectivity index (χ0v) is 12.5. The Labute approximate surface area is 127 Å². The summed E-state index contributed by atoms with van der Waals surface area (Å²) in [5, 5.41) is 24.2. The Hall–Kier alpha value is -0.410. The van der Waals surface area contributed by atoms with Crippen molar-refractivity contribution in [2.75, 3.05) is 52.9 Å². The Morgan fingerprint density at radius 3 is 1.45 bits per heavy atom. The van der Waals surface area contributed by atoms with Gasteiger partial charge in [-0.15, -0.1) is 0 Å². The van der Waals surface area contributed by atoms with Crippen LogP contribution in [-0.2, 0) is 19.0 Å². The minimum absolute atomic E-state index is 0.0413. The van der Waals surface area contributed by atoms with Crippen LogP contribution in [0.2, 0.25) is 0 Å². The number of aliphatic hydroxyl groups excluding tert-OH is 2. The lowest BCUT2D eigenvalue weighted by molar-refractivity contribution is -0.131. The van der Waals surface area contributed by atoms with E-state index >= 15 is 0 Å². The number of aliphatic carboxylic acids is 1. The first-order valence-corrected chi connectivity index (χ1v) is 6.55. The van der Waals surface area contributed by atoms with E-state index in [0.717, 1.165) is 5.54 Å². The van der Waals surface area contributed by atoms with E-state index in [0.29, 0.717) is 39.6 Å². The molecule has 9 heteroatoms. The van der Waals surface area contributed by atoms with Gasteiger partial charge in [-0.1, -0.05) is 23.2 Å². The third-order valence-corrected chi connectivity index (χ3v) is 2.12. The Balaban J connectivity index is 0. The van der Waals surface area contributed by atoms with E-state index in [1.54, 1.807) is 0 Å². The van der Waals surface area contributed by atoms with Crippen LogP contribution in [0.5, 0.6) is 0 Å². The highest BCUT2D eigenvalue weighted by Crippen LogP contribution is 2.00. The lowest BCUT2D eigenvalue weighted by Gasteiger charge is -2.04. The molecule has 0 radical (unpaired) electrons. The van der Waals surface area contributed by atoms with Crippen molar-refractivity contribution in [3.8, 4) is 0 Å². The quantitative estimate of drug-likeness (QED) is 0.371. The van der Waals surface area contributed by atoms with Crippen LogP contribution >= 0.6 is 23.2 Å². The molecule has 0 aliphatic rings. The lowest BCUT2D eigenvalue weighted by atomic mass is 10.7. The number of hydrogen-bond donors (Lipinski definition) is 3. The maximum atomic E-state index is 9.65. The first-order valence-electron chi connectivity index (χ1n) is 5.74. The molecule has 0 aliphatic carbocycles. The number of ether oxygens (including phenoxy) is 3. The van der Waals surface area contributed by atoms with Crippen molar-refractivity contribution in [3.63, 3.8) is 0 Å². The molecular formula is C11H20Cl2O7. The Kier molecular flexibility index (Phi) is 20.3. The van der Waals surface area contributed by atoms with Gasteiger partial charge in [0, 0.05) is 5.54 Å². The average molecular weight is 335 g/mol. The second kappa shape index (κ2) is 18.6. The molecular weight excluding hydrogens is 315 g/mol. The highest BCUT2D eigenvalue weighted by atomic mass is 35.5. The van der Waals surface area contributed by atoms with Gasteiger partial charge in [-0.25, -0.2) is 4.79 Å². The molecule has 0 amide bonds. The first-order chi connectivity index (χ1) is 9.59. The normalized spacial score (nSPS) is 10.9. The molecule has 20 heavy (non-hydrogen) atoms. The number of hydrogen-bond acceptors (Lipinski definition) is 6. The summed E-state index contributed by atoms with van der Waals surface area (Å²) in [6.07, 6.45) is 0. The van der Waals surface area contributed by atoms with Crippen molar-refractivity contribution < 1.29 is 34.3 Å². The van der Waals surface area contributed by atoms with Crippen LogP contribution in [0.15, 0.2) is 10.6 Å². The van der Waals surface area contributed by atoms with Crippen molar-refractivity contribution in [2.45, 2.75) is 0 Å². The van der Waals surface area contributed by atoms with Crippen molar-refractivity contribution >= 4 is 29.2 Å². The summed E-state index contributed by atoms with van der Waals surface area (Å²) in [5.74, 6) is -1.21. The van der Waals surface area contributed by atoms with E-state index in [1.807, 2.05) is 0 Å². The zero-order chi connectivity index (χ0) is 15.6. The molecule has 3 N–H and O–H groups in total. The van der Waals surface area contributed by atoms with Gasteiger partial charge in [0.1, 0.15) is 5.03 Å². The van der Waals surface area contributed by atoms with E-state index < -0.39 is 5.97 Å². The van der Waals surface area contributed by atoms with Crippen LogP contribution in [0.4, 0.5) is 0 Å². The number of carbonyl (C=O) groups is 1. The highest BCUT2D eigenvalue weighted by molar-refractivity contribution is 6.45. The summed E-state index contributed by atoms with van der Waals surface area (Å²) < 4.78 is 15.0. The van der Waals surface area contributed by atoms with Gasteiger partial charge in [-0.2, -0.15) is 0 Å². The molecule has 0 fully saturated rings. The summed E-state index contributed by atoms with van der Waals surface area (Å²) in [7, 11) is 0. The topological polar surface area (TPSA) is 105 Å². The van der Waals surface area contributed by atoms with Crippen molar-refractivity contribution in [1.82, 2.24) is 0 Å². The number of halogens is 2. The van der Waals surface area contributed by atoms with E-state index in [2.05, 4.69) is 0 Å². The van der Waals surface area contributed by atoms with E-state index in [1.165, 1.54) is 0 Å². The molecule has 0 rings (SSSR count). The molecule has 0 heterocycles. The molecule has 0 bridgehead atoms. The van der Waals surface area contributed by atoms with Gasteiger partial charge in [0.05, 0.1) is 52.9 Å². The van der Waals surface area contributed by atoms with Crippen LogP contribution < -0.4 is 0 Å². The Morgan fingerprint density at radius 2 is 1.25 bits per heavy atom. The summed E-state index contributed by atoms with van der Waals surface area (Å²) in [6, 6.07) is 0. The molecule has 0 aromatic rings. The molecule has 120 valence electrons.